The van der Waals surface area contributed by atoms with Crippen LogP contribution in [0, 0.1) is 0 Å². The van der Waals surface area contributed by atoms with E-state index in [1.165, 1.54) is 72.3 Å². The molecule has 0 heterocycles. The van der Waals surface area contributed by atoms with E-state index in [2.05, 4.69) is 241 Å². The largest absolute Gasteiger partial charge is 0.311 e. The molecule has 0 unspecified atom stereocenters. The summed E-state index contributed by atoms with van der Waals surface area (Å²) in [7, 11) is 0. The van der Waals surface area contributed by atoms with Gasteiger partial charge >= 0.3 is 0 Å². The summed E-state index contributed by atoms with van der Waals surface area (Å²) in [5.74, 6) is 0.208. The molecule has 0 aromatic heterocycles. The zero-order valence-electron chi connectivity index (χ0n) is 34.5. The number of hydrogen-bond donors (Lipinski definition) is 0. The Labute approximate surface area is 345 Å². The lowest BCUT2D eigenvalue weighted by Gasteiger charge is -2.26. The molecule has 0 N–H and O–H groups in total. The molecular weight excluding hydrogens is 699 g/mol. The molecule has 1 heteroatoms. The average molecular weight is 750 g/mol. The van der Waals surface area contributed by atoms with Crippen molar-refractivity contribution in [3.05, 3.63) is 222 Å². The van der Waals surface area contributed by atoms with Gasteiger partial charge in [0.05, 0.1) is 0 Å². The first kappa shape index (κ1) is 37.2. The molecule has 8 aromatic carbocycles. The number of hydrogen-bond acceptors (Lipinski definition) is 1. The predicted octanol–water partition coefficient (Wildman–Crippen LogP) is 15.9. The number of fused-ring (bicyclic) bond motifs is 3. The molecule has 8 aromatic rings. The van der Waals surface area contributed by atoms with Crippen molar-refractivity contribution in [3.8, 4) is 44.5 Å². The van der Waals surface area contributed by atoms with E-state index in [4.69, 9.17) is 0 Å². The average Bonchev–Trinajstić information content (AvgIpc) is 3.58. The molecular formula is C57H51N. The first-order valence-corrected chi connectivity index (χ1v) is 20.6. The lowest BCUT2D eigenvalue weighted by molar-refractivity contribution is 0.589. The first-order chi connectivity index (χ1) is 28.0. The van der Waals surface area contributed by atoms with E-state index in [9.17, 15) is 0 Å². The van der Waals surface area contributed by atoms with Crippen LogP contribution in [-0.4, -0.2) is 0 Å². The Balaban J connectivity index is 1.04. The fraction of sp³-hybridized carbons (Fsp3) is 0.158. The van der Waals surface area contributed by atoms with Crippen LogP contribution in [0.1, 0.15) is 75.3 Å². The molecule has 284 valence electrons. The van der Waals surface area contributed by atoms with E-state index in [0.717, 1.165) is 17.1 Å². The van der Waals surface area contributed by atoms with Crippen LogP contribution in [0.15, 0.2) is 194 Å². The third-order valence-electron chi connectivity index (χ3n) is 11.9. The third-order valence-corrected chi connectivity index (χ3v) is 11.9. The highest BCUT2D eigenvalue weighted by atomic mass is 15.1. The fourth-order valence-electron chi connectivity index (χ4n) is 8.53. The molecule has 0 atom stereocenters. The second-order valence-electron chi connectivity index (χ2n) is 17.9. The summed E-state index contributed by atoms with van der Waals surface area (Å²) in [4.78, 5) is 2.35. The third kappa shape index (κ3) is 7.18. The van der Waals surface area contributed by atoms with Gasteiger partial charge in [-0.1, -0.05) is 199 Å². The van der Waals surface area contributed by atoms with Crippen molar-refractivity contribution in [2.45, 2.75) is 58.3 Å². The Morgan fingerprint density at radius 1 is 0.328 bits per heavy atom. The van der Waals surface area contributed by atoms with Crippen molar-refractivity contribution < 1.29 is 0 Å². The van der Waals surface area contributed by atoms with E-state index in [1.807, 2.05) is 0 Å². The van der Waals surface area contributed by atoms with Gasteiger partial charge < -0.3 is 4.90 Å². The van der Waals surface area contributed by atoms with Gasteiger partial charge in [0.15, 0.2) is 0 Å². The maximum Gasteiger partial charge on any atom is 0.0462 e. The molecule has 0 radical (unpaired) electrons. The summed E-state index contributed by atoms with van der Waals surface area (Å²) in [5, 5.41) is 0. The Morgan fingerprint density at radius 3 is 0.966 bits per heavy atom. The second-order valence-corrected chi connectivity index (χ2v) is 17.9. The zero-order valence-corrected chi connectivity index (χ0v) is 34.5. The van der Waals surface area contributed by atoms with Crippen molar-refractivity contribution in [3.63, 3.8) is 0 Å². The molecule has 0 saturated carbocycles. The minimum Gasteiger partial charge on any atom is -0.311 e. The molecule has 0 fully saturated rings. The molecule has 1 aliphatic carbocycles. The van der Waals surface area contributed by atoms with Crippen LogP contribution < -0.4 is 4.90 Å². The Morgan fingerprint density at radius 2 is 0.638 bits per heavy atom. The lowest BCUT2D eigenvalue weighted by atomic mass is 9.83. The van der Waals surface area contributed by atoms with Crippen LogP contribution in [0.4, 0.5) is 17.1 Å². The van der Waals surface area contributed by atoms with Gasteiger partial charge in [-0.2, -0.15) is 0 Å². The van der Waals surface area contributed by atoms with E-state index in [-0.39, 0.29) is 16.7 Å². The van der Waals surface area contributed by atoms with Gasteiger partial charge in [0.1, 0.15) is 0 Å². The minimum absolute atomic E-state index is 0.0864. The zero-order chi connectivity index (χ0) is 40.0. The molecule has 0 bridgehead atoms. The van der Waals surface area contributed by atoms with Crippen LogP contribution in [-0.2, 0) is 10.8 Å². The molecule has 58 heavy (non-hydrogen) atoms. The van der Waals surface area contributed by atoms with Crippen LogP contribution in [0.5, 0.6) is 0 Å². The summed E-state index contributed by atoms with van der Waals surface area (Å²) >= 11 is 0. The van der Waals surface area contributed by atoms with E-state index < -0.39 is 0 Å². The quantitative estimate of drug-likeness (QED) is 0.157. The van der Waals surface area contributed by atoms with Crippen molar-refractivity contribution in [2.75, 3.05) is 4.90 Å². The summed E-state index contributed by atoms with van der Waals surface area (Å²) in [6, 6.07) is 71.7. The van der Waals surface area contributed by atoms with Gasteiger partial charge in [0.2, 0.25) is 0 Å². The minimum atomic E-state index is 0.0864. The van der Waals surface area contributed by atoms with Gasteiger partial charge in [-0.25, -0.2) is 0 Å². The van der Waals surface area contributed by atoms with Crippen LogP contribution in [0.25, 0.3) is 44.5 Å². The van der Waals surface area contributed by atoms with Crippen molar-refractivity contribution in [2.24, 2.45) is 0 Å². The topological polar surface area (TPSA) is 3.24 Å². The van der Waals surface area contributed by atoms with Gasteiger partial charge in [-0.3, -0.25) is 0 Å². The number of nitrogens with zero attached hydrogens (tertiary/aromatic N) is 1. The summed E-state index contributed by atoms with van der Waals surface area (Å²) in [6.07, 6.45) is 0. The van der Waals surface area contributed by atoms with Crippen LogP contribution >= 0.6 is 0 Å². The Bertz CT molecular complexity index is 2530. The fourth-order valence-corrected chi connectivity index (χ4v) is 8.53. The van der Waals surface area contributed by atoms with E-state index in [1.54, 1.807) is 0 Å². The standard InChI is InChI=1S/C57H51N/c1-56(2,3)46-27-35-51-53(37-46)54-38-47(57(4,5)6)28-36-52(54)55(51)45-19-17-41(18-20-45)44-25-33-50(34-26-44)58(48-29-21-42(22-30-48)39-13-9-7-10-14-39)49-31-23-43(24-32-49)40-15-11-8-12-16-40/h7-38,55H,1-6H3. The normalized spacial score (nSPS) is 12.6. The first-order valence-electron chi connectivity index (χ1n) is 20.6. The highest BCUT2D eigenvalue weighted by molar-refractivity contribution is 5.83. The number of anilines is 3. The molecule has 0 spiro atoms. The highest BCUT2D eigenvalue weighted by Gasteiger charge is 2.32. The van der Waals surface area contributed by atoms with E-state index in [0.29, 0.717) is 0 Å². The van der Waals surface area contributed by atoms with Gasteiger partial charge in [-0.15, -0.1) is 0 Å². The SMILES string of the molecule is CC(C)(C)c1ccc2c(c1)-c1cc(C(C)(C)C)ccc1C2c1ccc(-c2ccc(N(c3ccc(-c4ccccc4)cc3)c3ccc(-c4ccccc4)cc3)cc2)cc1. The molecule has 0 saturated heterocycles. The molecule has 1 nitrogen and oxygen atoms in total. The summed E-state index contributed by atoms with van der Waals surface area (Å²) in [5.41, 5.74) is 20.4. The highest BCUT2D eigenvalue weighted by Crippen LogP contribution is 2.50. The lowest BCUT2D eigenvalue weighted by Crippen LogP contribution is -2.11. The summed E-state index contributed by atoms with van der Waals surface area (Å²) < 4.78 is 0. The number of rotatable bonds is 7. The monoisotopic (exact) mass is 749 g/mol. The maximum absolute atomic E-state index is 2.45. The Hall–Kier alpha value is -6.44. The van der Waals surface area contributed by atoms with Gasteiger partial charge in [-0.05, 0) is 120 Å². The molecule has 1 aliphatic rings. The van der Waals surface area contributed by atoms with Crippen LogP contribution in [0.3, 0.4) is 0 Å². The maximum atomic E-state index is 2.45. The summed E-state index contributed by atoms with van der Waals surface area (Å²) in [6.45, 7) is 13.9. The second kappa shape index (κ2) is 14.8. The van der Waals surface area contributed by atoms with Crippen molar-refractivity contribution in [1.82, 2.24) is 0 Å². The smallest absolute Gasteiger partial charge is 0.0462 e. The van der Waals surface area contributed by atoms with Gasteiger partial charge in [0, 0.05) is 23.0 Å². The number of benzene rings is 8. The Kier molecular flexibility index (Phi) is 9.49. The molecule has 0 amide bonds. The van der Waals surface area contributed by atoms with E-state index >= 15 is 0 Å². The van der Waals surface area contributed by atoms with Crippen molar-refractivity contribution in [1.29, 1.82) is 0 Å². The molecule has 9 rings (SSSR count). The van der Waals surface area contributed by atoms with Crippen LogP contribution in [0.2, 0.25) is 0 Å². The van der Waals surface area contributed by atoms with Gasteiger partial charge in [0.25, 0.3) is 0 Å². The molecule has 0 aliphatic heterocycles. The van der Waals surface area contributed by atoms with Crippen molar-refractivity contribution >= 4 is 17.1 Å². The predicted molar refractivity (Wildman–Crippen MR) is 248 cm³/mol.